The molecule has 0 unspecified atom stereocenters. The predicted octanol–water partition coefficient (Wildman–Crippen LogP) is 2.84. The van der Waals surface area contributed by atoms with Crippen LogP contribution in [0, 0.1) is 0 Å². The zero-order valence-electron chi connectivity index (χ0n) is 21.3. The summed E-state index contributed by atoms with van der Waals surface area (Å²) in [6, 6.07) is 18.7. The number of sulfonamides is 1. The largest absolute Gasteiger partial charge is 0.493 e. The molecule has 200 valence electrons. The maximum Gasteiger partial charge on any atom is 0.267 e. The molecule has 2 amide bonds. The summed E-state index contributed by atoms with van der Waals surface area (Å²) in [6.07, 6.45) is 0.518. The lowest BCUT2D eigenvalue weighted by Crippen LogP contribution is -2.48. The molecule has 38 heavy (non-hydrogen) atoms. The number of anilines is 2. The van der Waals surface area contributed by atoms with Gasteiger partial charge in [0, 0.05) is 6.54 Å². The monoisotopic (exact) mass is 539 g/mol. The van der Waals surface area contributed by atoms with Gasteiger partial charge in [-0.2, -0.15) is 0 Å². The molecular formula is C27H29N3O7S. The number of carbonyl (C=O) groups is 2. The van der Waals surface area contributed by atoms with Crippen LogP contribution < -0.4 is 29.1 Å². The van der Waals surface area contributed by atoms with Crippen LogP contribution in [0.3, 0.4) is 0 Å². The SMILES string of the molecule is COc1ccc(CCNC(=O)c2ccccc2NC(=O)[C@H]2CN(S(C)(=O)=O)c3ccccc3O2)cc1OC. The third-order valence-corrected chi connectivity index (χ3v) is 7.15. The highest BCUT2D eigenvalue weighted by atomic mass is 32.2. The van der Waals surface area contributed by atoms with E-state index in [1.54, 1.807) is 68.8 Å². The molecule has 0 aromatic heterocycles. The van der Waals surface area contributed by atoms with E-state index in [0.717, 1.165) is 16.1 Å². The maximum atomic E-state index is 13.1. The van der Waals surface area contributed by atoms with Crippen molar-refractivity contribution < 1.29 is 32.2 Å². The molecule has 1 aliphatic heterocycles. The number of nitrogens with one attached hydrogen (secondary N) is 2. The molecule has 0 spiro atoms. The van der Waals surface area contributed by atoms with E-state index >= 15 is 0 Å². The Labute approximate surface area is 221 Å². The summed E-state index contributed by atoms with van der Waals surface area (Å²) in [7, 11) is -0.523. The van der Waals surface area contributed by atoms with Gasteiger partial charge in [0.2, 0.25) is 10.0 Å². The Morgan fingerprint density at radius 2 is 1.71 bits per heavy atom. The number of para-hydroxylation sites is 3. The van der Waals surface area contributed by atoms with Gasteiger partial charge in [-0.05, 0) is 48.4 Å². The van der Waals surface area contributed by atoms with E-state index in [-0.39, 0.29) is 29.5 Å². The molecule has 0 radical (unpaired) electrons. The van der Waals surface area contributed by atoms with Gasteiger partial charge in [0.1, 0.15) is 5.75 Å². The van der Waals surface area contributed by atoms with Gasteiger partial charge in [-0.25, -0.2) is 8.42 Å². The van der Waals surface area contributed by atoms with Crippen molar-refractivity contribution in [2.45, 2.75) is 12.5 Å². The Bertz CT molecular complexity index is 1440. The Morgan fingerprint density at radius 3 is 2.45 bits per heavy atom. The molecule has 3 aromatic carbocycles. The van der Waals surface area contributed by atoms with Crippen molar-refractivity contribution in [3.63, 3.8) is 0 Å². The van der Waals surface area contributed by atoms with Gasteiger partial charge in [0.05, 0.1) is 44.0 Å². The fraction of sp³-hybridized carbons (Fsp3) is 0.259. The minimum absolute atomic E-state index is 0.193. The first-order valence-corrected chi connectivity index (χ1v) is 13.7. The topological polar surface area (TPSA) is 123 Å². The number of hydrogen-bond donors (Lipinski definition) is 2. The third-order valence-electron chi connectivity index (χ3n) is 6.00. The molecule has 1 aliphatic rings. The summed E-state index contributed by atoms with van der Waals surface area (Å²) in [5.74, 6) is 0.569. The number of carbonyl (C=O) groups excluding carboxylic acids is 2. The van der Waals surface area contributed by atoms with Crippen molar-refractivity contribution in [1.82, 2.24) is 5.32 Å². The highest BCUT2D eigenvalue weighted by Gasteiger charge is 2.35. The Balaban J connectivity index is 1.43. The van der Waals surface area contributed by atoms with Gasteiger partial charge in [-0.15, -0.1) is 0 Å². The fourth-order valence-electron chi connectivity index (χ4n) is 4.11. The quantitative estimate of drug-likeness (QED) is 0.429. The number of rotatable bonds is 9. The number of hydrogen-bond acceptors (Lipinski definition) is 7. The standard InChI is InChI=1S/C27H29N3O7S/c1-35-23-13-12-18(16-24(23)36-2)14-15-28-26(31)19-8-4-5-9-20(19)29-27(32)25-17-30(38(3,33)34)21-10-6-7-11-22(21)37-25/h4-13,16,25H,14-15,17H2,1-3H3,(H,28,31)(H,29,32)/t25-/m1/s1. The molecule has 0 saturated heterocycles. The van der Waals surface area contributed by atoms with Crippen LogP contribution in [0.2, 0.25) is 0 Å². The van der Waals surface area contributed by atoms with Crippen LogP contribution in [0.4, 0.5) is 11.4 Å². The lowest BCUT2D eigenvalue weighted by molar-refractivity contribution is -0.122. The first kappa shape index (κ1) is 26.8. The highest BCUT2D eigenvalue weighted by molar-refractivity contribution is 7.92. The second-order valence-corrected chi connectivity index (χ2v) is 10.5. The lowest BCUT2D eigenvalue weighted by atomic mass is 10.1. The van der Waals surface area contributed by atoms with E-state index in [2.05, 4.69) is 10.6 Å². The minimum Gasteiger partial charge on any atom is -0.493 e. The Morgan fingerprint density at radius 1 is 1.00 bits per heavy atom. The van der Waals surface area contributed by atoms with Crippen molar-refractivity contribution in [3.05, 3.63) is 77.9 Å². The predicted molar refractivity (Wildman–Crippen MR) is 144 cm³/mol. The Kier molecular flexibility index (Phi) is 8.06. The molecule has 1 heterocycles. The average Bonchev–Trinajstić information content (AvgIpc) is 2.91. The highest BCUT2D eigenvalue weighted by Crippen LogP contribution is 2.35. The number of methoxy groups -OCH3 is 2. The normalized spacial score (nSPS) is 14.6. The van der Waals surface area contributed by atoms with E-state index in [1.165, 1.54) is 0 Å². The van der Waals surface area contributed by atoms with Crippen LogP contribution in [0.25, 0.3) is 0 Å². The first-order chi connectivity index (χ1) is 18.2. The molecule has 0 fully saturated rings. The molecule has 4 rings (SSSR count). The molecule has 0 saturated carbocycles. The number of fused-ring (bicyclic) bond motifs is 1. The molecular weight excluding hydrogens is 510 g/mol. The molecule has 0 bridgehead atoms. The number of benzene rings is 3. The summed E-state index contributed by atoms with van der Waals surface area (Å²) in [5, 5.41) is 5.59. The summed E-state index contributed by atoms with van der Waals surface area (Å²) in [4.78, 5) is 26.1. The Hall–Kier alpha value is -4.25. The molecule has 1 atom stereocenters. The van der Waals surface area contributed by atoms with Crippen molar-refractivity contribution in [1.29, 1.82) is 0 Å². The number of nitrogens with zero attached hydrogens (tertiary/aromatic N) is 1. The van der Waals surface area contributed by atoms with E-state index < -0.39 is 22.0 Å². The van der Waals surface area contributed by atoms with Crippen LogP contribution >= 0.6 is 0 Å². The van der Waals surface area contributed by atoms with Gasteiger partial charge < -0.3 is 24.8 Å². The van der Waals surface area contributed by atoms with Gasteiger partial charge >= 0.3 is 0 Å². The van der Waals surface area contributed by atoms with E-state index in [4.69, 9.17) is 14.2 Å². The van der Waals surface area contributed by atoms with Crippen LogP contribution in [-0.4, -0.2) is 59.9 Å². The maximum absolute atomic E-state index is 13.1. The van der Waals surface area contributed by atoms with Crippen molar-refractivity contribution >= 4 is 33.2 Å². The zero-order chi connectivity index (χ0) is 27.3. The van der Waals surface area contributed by atoms with Gasteiger partial charge in [0.25, 0.3) is 11.8 Å². The smallest absolute Gasteiger partial charge is 0.267 e. The lowest BCUT2D eigenvalue weighted by Gasteiger charge is -2.33. The minimum atomic E-state index is -3.65. The zero-order valence-corrected chi connectivity index (χ0v) is 22.1. The van der Waals surface area contributed by atoms with E-state index in [0.29, 0.717) is 30.2 Å². The van der Waals surface area contributed by atoms with Gasteiger partial charge in [0.15, 0.2) is 17.6 Å². The third kappa shape index (κ3) is 6.00. The molecule has 11 heteroatoms. The second-order valence-electron chi connectivity index (χ2n) is 8.60. The van der Waals surface area contributed by atoms with Gasteiger partial charge in [-0.3, -0.25) is 13.9 Å². The molecule has 2 N–H and O–H groups in total. The van der Waals surface area contributed by atoms with Gasteiger partial charge in [-0.1, -0.05) is 30.3 Å². The molecule has 10 nitrogen and oxygen atoms in total. The van der Waals surface area contributed by atoms with E-state index in [9.17, 15) is 18.0 Å². The van der Waals surface area contributed by atoms with Crippen LogP contribution in [-0.2, 0) is 21.2 Å². The number of ether oxygens (including phenoxy) is 3. The fourth-order valence-corrected chi connectivity index (χ4v) is 5.02. The van der Waals surface area contributed by atoms with Crippen LogP contribution in [0.15, 0.2) is 66.7 Å². The summed E-state index contributed by atoms with van der Waals surface area (Å²) < 4.78 is 42.2. The molecule has 3 aromatic rings. The average molecular weight is 540 g/mol. The van der Waals surface area contributed by atoms with Crippen LogP contribution in [0.5, 0.6) is 17.2 Å². The van der Waals surface area contributed by atoms with Crippen LogP contribution in [0.1, 0.15) is 15.9 Å². The van der Waals surface area contributed by atoms with Crippen molar-refractivity contribution in [2.75, 3.05) is 43.2 Å². The van der Waals surface area contributed by atoms with Crippen molar-refractivity contribution in [3.8, 4) is 17.2 Å². The van der Waals surface area contributed by atoms with E-state index in [1.807, 2.05) is 12.1 Å². The summed E-state index contributed by atoms with van der Waals surface area (Å²) in [5.41, 5.74) is 1.88. The number of amides is 2. The first-order valence-electron chi connectivity index (χ1n) is 11.8. The van der Waals surface area contributed by atoms with Crippen molar-refractivity contribution in [2.24, 2.45) is 0 Å². The summed E-state index contributed by atoms with van der Waals surface area (Å²) in [6.45, 7) is 0.157. The summed E-state index contributed by atoms with van der Waals surface area (Å²) >= 11 is 0. The second kappa shape index (κ2) is 11.4. The molecule has 0 aliphatic carbocycles.